The van der Waals surface area contributed by atoms with E-state index in [1.807, 2.05) is 5.43 Å². The van der Waals surface area contributed by atoms with Crippen LogP contribution in [0.25, 0.3) is 0 Å². The fourth-order valence-corrected chi connectivity index (χ4v) is 1.64. The highest BCUT2D eigenvalue weighted by Crippen LogP contribution is 2.36. The van der Waals surface area contributed by atoms with Crippen molar-refractivity contribution in [3.63, 3.8) is 0 Å². The topological polar surface area (TPSA) is 96.2 Å². The van der Waals surface area contributed by atoms with Crippen LogP contribution in [0.4, 0.5) is 18.9 Å². The Balaban J connectivity index is 2.92. The van der Waals surface area contributed by atoms with Crippen molar-refractivity contribution in [3.05, 3.63) is 29.3 Å². The van der Waals surface area contributed by atoms with Gasteiger partial charge in [0.15, 0.2) is 0 Å². The second-order valence-electron chi connectivity index (χ2n) is 4.05. The molecule has 21 heavy (non-hydrogen) atoms. The molecule has 2 amide bonds. The van der Waals surface area contributed by atoms with E-state index in [0.29, 0.717) is 0 Å². The van der Waals surface area contributed by atoms with E-state index >= 15 is 0 Å². The summed E-state index contributed by atoms with van der Waals surface area (Å²) in [6, 6.07) is 3.13. The Bertz CT molecular complexity index is 532. The number of halogens is 3. The Kier molecular flexibility index (Phi) is 5.53. The number of rotatable bonds is 5. The molecule has 0 radical (unpaired) electrons. The van der Waals surface area contributed by atoms with Crippen molar-refractivity contribution in [1.82, 2.24) is 10.6 Å². The lowest BCUT2D eigenvalue weighted by atomic mass is 10.1. The minimum Gasteiger partial charge on any atom is -0.359 e. The number of hydrazine groups is 1. The Hall–Kier alpha value is -2.29. The Morgan fingerprint density at radius 2 is 1.95 bits per heavy atom. The smallest absolute Gasteiger partial charge is 0.359 e. The number of alkyl halides is 3. The average Bonchev–Trinajstić information content (AvgIpc) is 2.44. The molecule has 1 aromatic carbocycles. The highest BCUT2D eigenvalue weighted by Gasteiger charge is 2.35. The molecule has 5 N–H and O–H groups in total. The van der Waals surface area contributed by atoms with E-state index in [2.05, 4.69) is 10.6 Å². The zero-order valence-corrected chi connectivity index (χ0v) is 11.2. The van der Waals surface area contributed by atoms with Gasteiger partial charge in [0.2, 0.25) is 5.91 Å². The van der Waals surface area contributed by atoms with Crippen LogP contribution in [-0.2, 0) is 11.0 Å². The summed E-state index contributed by atoms with van der Waals surface area (Å²) in [5.74, 6) is 4.04. The maximum absolute atomic E-state index is 12.8. The van der Waals surface area contributed by atoms with Crippen molar-refractivity contribution in [2.24, 2.45) is 5.84 Å². The molecule has 9 heteroatoms. The first-order valence-corrected chi connectivity index (χ1v) is 5.96. The summed E-state index contributed by atoms with van der Waals surface area (Å²) in [6.07, 6.45) is -4.62. The number of carbonyl (C=O) groups excluding carboxylic acids is 2. The SMILES string of the molecule is CNC(=O)CCNC(=O)c1cccc(C(F)(F)F)c1NN. The van der Waals surface area contributed by atoms with Gasteiger partial charge >= 0.3 is 6.18 Å². The quantitative estimate of drug-likeness (QED) is 0.479. The summed E-state index contributed by atoms with van der Waals surface area (Å²) in [7, 11) is 1.44. The summed E-state index contributed by atoms with van der Waals surface area (Å²) in [5, 5.41) is 4.71. The molecular formula is C12H15F3N4O2. The third kappa shape index (κ3) is 4.35. The van der Waals surface area contributed by atoms with Gasteiger partial charge in [0.25, 0.3) is 5.91 Å². The second kappa shape index (κ2) is 6.93. The predicted molar refractivity (Wildman–Crippen MR) is 70.3 cm³/mol. The van der Waals surface area contributed by atoms with Crippen LogP contribution >= 0.6 is 0 Å². The highest BCUT2D eigenvalue weighted by atomic mass is 19.4. The number of carbonyl (C=O) groups is 2. The van der Waals surface area contributed by atoms with Crippen LogP contribution < -0.4 is 21.9 Å². The Morgan fingerprint density at radius 3 is 2.48 bits per heavy atom. The molecule has 0 saturated carbocycles. The zero-order chi connectivity index (χ0) is 16.0. The minimum absolute atomic E-state index is 0.00123. The van der Waals surface area contributed by atoms with E-state index < -0.39 is 23.3 Å². The molecule has 0 unspecified atom stereocenters. The molecule has 1 aromatic rings. The molecule has 0 bridgehead atoms. The molecule has 0 fully saturated rings. The van der Waals surface area contributed by atoms with Gasteiger partial charge < -0.3 is 16.1 Å². The lowest BCUT2D eigenvalue weighted by Crippen LogP contribution is -2.30. The van der Waals surface area contributed by atoms with Gasteiger partial charge in [-0.25, -0.2) is 0 Å². The number of nitrogens with one attached hydrogen (secondary N) is 3. The second-order valence-corrected chi connectivity index (χ2v) is 4.05. The maximum atomic E-state index is 12.8. The molecule has 0 aromatic heterocycles. The van der Waals surface area contributed by atoms with Gasteiger partial charge in [-0.05, 0) is 12.1 Å². The van der Waals surface area contributed by atoms with E-state index in [1.165, 1.54) is 13.1 Å². The molecular weight excluding hydrogens is 289 g/mol. The fraction of sp³-hybridized carbons (Fsp3) is 0.333. The number of hydrogen-bond acceptors (Lipinski definition) is 4. The van der Waals surface area contributed by atoms with Crippen LogP contribution in [0, 0.1) is 0 Å². The van der Waals surface area contributed by atoms with Gasteiger partial charge in [-0.2, -0.15) is 13.2 Å². The van der Waals surface area contributed by atoms with Gasteiger partial charge in [-0.3, -0.25) is 15.4 Å². The first kappa shape index (κ1) is 16.8. The number of amides is 2. The van der Waals surface area contributed by atoms with E-state index in [-0.39, 0.29) is 24.4 Å². The third-order valence-corrected chi connectivity index (χ3v) is 2.68. The molecule has 0 spiro atoms. The van der Waals surface area contributed by atoms with Crippen LogP contribution in [0.2, 0.25) is 0 Å². The zero-order valence-electron chi connectivity index (χ0n) is 11.2. The third-order valence-electron chi connectivity index (χ3n) is 2.68. The molecule has 0 aliphatic heterocycles. The van der Waals surface area contributed by atoms with Crippen LogP contribution in [0.3, 0.4) is 0 Å². The van der Waals surface area contributed by atoms with Gasteiger partial charge in [0, 0.05) is 20.0 Å². The van der Waals surface area contributed by atoms with Crippen molar-refractivity contribution in [1.29, 1.82) is 0 Å². The summed E-state index contributed by atoms with van der Waals surface area (Å²) >= 11 is 0. The van der Waals surface area contributed by atoms with Crippen molar-refractivity contribution in [2.45, 2.75) is 12.6 Å². The van der Waals surface area contributed by atoms with Crippen molar-refractivity contribution >= 4 is 17.5 Å². The lowest BCUT2D eigenvalue weighted by Gasteiger charge is -2.16. The van der Waals surface area contributed by atoms with Crippen LogP contribution in [0.5, 0.6) is 0 Å². The van der Waals surface area contributed by atoms with E-state index in [9.17, 15) is 22.8 Å². The lowest BCUT2D eigenvalue weighted by molar-refractivity contribution is -0.137. The molecule has 0 saturated heterocycles. The molecule has 0 atom stereocenters. The summed E-state index contributed by atoms with van der Waals surface area (Å²) in [6.45, 7) is -0.00123. The standard InChI is InChI=1S/C12H15F3N4O2/c1-17-9(20)5-6-18-11(21)7-3-2-4-8(10(7)19-16)12(13,14)15/h2-4,19H,5-6,16H2,1H3,(H,17,20)(H,18,21). The minimum atomic E-state index is -4.64. The van der Waals surface area contributed by atoms with E-state index in [1.54, 1.807) is 0 Å². The van der Waals surface area contributed by atoms with Crippen molar-refractivity contribution in [3.8, 4) is 0 Å². The molecule has 6 nitrogen and oxygen atoms in total. The molecule has 0 aliphatic rings. The summed E-state index contributed by atoms with van der Waals surface area (Å²) < 4.78 is 38.4. The van der Waals surface area contributed by atoms with Gasteiger partial charge in [0.1, 0.15) is 0 Å². The molecule has 1 rings (SSSR count). The van der Waals surface area contributed by atoms with Gasteiger partial charge in [-0.15, -0.1) is 0 Å². The molecule has 116 valence electrons. The maximum Gasteiger partial charge on any atom is 0.418 e. The summed E-state index contributed by atoms with van der Waals surface area (Å²) in [5.41, 5.74) is 0.106. The number of anilines is 1. The predicted octanol–water partition coefficient (Wildman–Crippen LogP) is 0.857. The highest BCUT2D eigenvalue weighted by molar-refractivity contribution is 6.00. The van der Waals surface area contributed by atoms with Gasteiger partial charge in [-0.1, -0.05) is 6.07 Å². The number of nitrogens with two attached hydrogens (primary N) is 1. The van der Waals surface area contributed by atoms with Crippen LogP contribution in [0.15, 0.2) is 18.2 Å². The number of hydrogen-bond donors (Lipinski definition) is 4. The van der Waals surface area contributed by atoms with E-state index in [4.69, 9.17) is 5.84 Å². The number of benzene rings is 1. The van der Waals surface area contributed by atoms with Crippen molar-refractivity contribution in [2.75, 3.05) is 19.0 Å². The normalized spacial score (nSPS) is 10.9. The first-order chi connectivity index (χ1) is 9.81. The number of para-hydroxylation sites is 1. The monoisotopic (exact) mass is 304 g/mol. The van der Waals surface area contributed by atoms with E-state index in [0.717, 1.165) is 12.1 Å². The Labute approximate surface area is 118 Å². The van der Waals surface area contributed by atoms with Gasteiger partial charge in [0.05, 0.1) is 16.8 Å². The largest absolute Gasteiger partial charge is 0.418 e. The number of nitrogen functional groups attached to an aromatic ring is 1. The Morgan fingerprint density at radius 1 is 1.29 bits per heavy atom. The van der Waals surface area contributed by atoms with Crippen LogP contribution in [-0.4, -0.2) is 25.4 Å². The fourth-order valence-electron chi connectivity index (χ4n) is 1.64. The van der Waals surface area contributed by atoms with Crippen LogP contribution in [0.1, 0.15) is 22.3 Å². The summed E-state index contributed by atoms with van der Waals surface area (Å²) in [4.78, 5) is 22.9. The molecule has 0 aliphatic carbocycles. The average molecular weight is 304 g/mol. The molecule has 0 heterocycles. The first-order valence-electron chi connectivity index (χ1n) is 5.96. The van der Waals surface area contributed by atoms with Crippen molar-refractivity contribution < 1.29 is 22.8 Å².